The highest BCUT2D eigenvalue weighted by Gasteiger charge is 2.22. The van der Waals surface area contributed by atoms with Gasteiger partial charge >= 0.3 is 0 Å². The molecule has 0 saturated carbocycles. The topological polar surface area (TPSA) is 68.2 Å². The molecule has 3 aromatic rings. The van der Waals surface area contributed by atoms with Crippen LogP contribution in [-0.4, -0.2) is 15.6 Å². The van der Waals surface area contributed by atoms with Crippen LogP contribution in [0, 0.1) is 13.8 Å². The highest BCUT2D eigenvalue weighted by molar-refractivity contribution is 6.02. The highest BCUT2D eigenvalue weighted by atomic mass is 16.3. The zero-order chi connectivity index (χ0) is 17.3. The SMILES string of the molecule is Cc1c(C(N)=O)c(-c2cccc(O)c2)c(C)n1Cc1ccccc1. The van der Waals surface area contributed by atoms with Crippen LogP contribution in [0.1, 0.15) is 27.3 Å². The predicted octanol–water partition coefficient (Wildman–Crippen LogP) is 3.62. The summed E-state index contributed by atoms with van der Waals surface area (Å²) in [7, 11) is 0. The van der Waals surface area contributed by atoms with Crippen molar-refractivity contribution in [1.82, 2.24) is 4.57 Å². The van der Waals surface area contributed by atoms with Gasteiger partial charge in [-0.15, -0.1) is 0 Å². The fraction of sp³-hybridized carbons (Fsp3) is 0.150. The summed E-state index contributed by atoms with van der Waals surface area (Å²) in [5.74, 6) is -0.295. The van der Waals surface area contributed by atoms with Crippen LogP contribution in [0.25, 0.3) is 11.1 Å². The van der Waals surface area contributed by atoms with Gasteiger partial charge in [0.25, 0.3) is 5.91 Å². The van der Waals surface area contributed by atoms with Crippen LogP contribution in [0.15, 0.2) is 54.6 Å². The Balaban J connectivity index is 2.19. The lowest BCUT2D eigenvalue weighted by Gasteiger charge is -2.10. The maximum atomic E-state index is 12.1. The number of primary amides is 1. The molecule has 24 heavy (non-hydrogen) atoms. The lowest BCUT2D eigenvalue weighted by atomic mass is 10.00. The van der Waals surface area contributed by atoms with Crippen LogP contribution in [0.5, 0.6) is 5.75 Å². The minimum absolute atomic E-state index is 0.163. The second-order valence-corrected chi connectivity index (χ2v) is 5.91. The molecule has 1 heterocycles. The maximum absolute atomic E-state index is 12.1. The number of phenolic OH excluding ortho intramolecular Hbond substituents is 1. The molecule has 3 rings (SSSR count). The minimum atomic E-state index is -0.458. The summed E-state index contributed by atoms with van der Waals surface area (Å²) in [5.41, 5.74) is 10.7. The van der Waals surface area contributed by atoms with E-state index in [2.05, 4.69) is 16.7 Å². The third kappa shape index (κ3) is 2.78. The van der Waals surface area contributed by atoms with E-state index in [9.17, 15) is 9.90 Å². The molecule has 1 aromatic heterocycles. The van der Waals surface area contributed by atoms with Gasteiger partial charge in [-0.25, -0.2) is 0 Å². The molecular formula is C20H20N2O2. The lowest BCUT2D eigenvalue weighted by molar-refractivity contribution is 0.1000. The van der Waals surface area contributed by atoms with Crippen molar-refractivity contribution in [1.29, 1.82) is 0 Å². The second kappa shape index (κ2) is 6.24. The van der Waals surface area contributed by atoms with Crippen LogP contribution >= 0.6 is 0 Å². The smallest absolute Gasteiger partial charge is 0.251 e. The number of aromatic nitrogens is 1. The van der Waals surface area contributed by atoms with Crippen molar-refractivity contribution in [3.63, 3.8) is 0 Å². The molecule has 122 valence electrons. The zero-order valence-electron chi connectivity index (χ0n) is 13.8. The molecule has 0 bridgehead atoms. The highest BCUT2D eigenvalue weighted by Crippen LogP contribution is 2.34. The first-order valence-corrected chi connectivity index (χ1v) is 7.82. The number of hydrogen-bond acceptors (Lipinski definition) is 2. The Kier molecular flexibility index (Phi) is 4.13. The largest absolute Gasteiger partial charge is 0.508 e. The number of hydrogen-bond donors (Lipinski definition) is 2. The van der Waals surface area contributed by atoms with Crippen molar-refractivity contribution in [2.75, 3.05) is 0 Å². The average molecular weight is 320 g/mol. The van der Waals surface area contributed by atoms with Gasteiger partial charge in [-0.3, -0.25) is 4.79 Å². The normalized spacial score (nSPS) is 10.8. The van der Waals surface area contributed by atoms with Gasteiger partial charge in [-0.05, 0) is 37.1 Å². The molecule has 4 nitrogen and oxygen atoms in total. The van der Waals surface area contributed by atoms with Crippen LogP contribution < -0.4 is 5.73 Å². The summed E-state index contributed by atoms with van der Waals surface area (Å²) in [6.45, 7) is 4.54. The van der Waals surface area contributed by atoms with Gasteiger partial charge in [0.05, 0.1) is 5.56 Å². The van der Waals surface area contributed by atoms with Gasteiger partial charge in [-0.2, -0.15) is 0 Å². The molecule has 0 aliphatic carbocycles. The molecule has 0 fully saturated rings. The van der Waals surface area contributed by atoms with Gasteiger partial charge in [0, 0.05) is 23.5 Å². The quantitative estimate of drug-likeness (QED) is 0.771. The number of nitrogens with two attached hydrogens (primary N) is 1. The summed E-state index contributed by atoms with van der Waals surface area (Å²) in [4.78, 5) is 12.1. The predicted molar refractivity (Wildman–Crippen MR) is 95.1 cm³/mol. The zero-order valence-corrected chi connectivity index (χ0v) is 13.8. The molecular weight excluding hydrogens is 300 g/mol. The molecule has 4 heteroatoms. The van der Waals surface area contributed by atoms with Crippen molar-refractivity contribution in [2.45, 2.75) is 20.4 Å². The minimum Gasteiger partial charge on any atom is -0.508 e. The maximum Gasteiger partial charge on any atom is 0.251 e. The van der Waals surface area contributed by atoms with Crippen LogP contribution in [0.2, 0.25) is 0 Å². The summed E-state index contributed by atoms with van der Waals surface area (Å²) < 4.78 is 2.09. The van der Waals surface area contributed by atoms with Crippen LogP contribution in [0.3, 0.4) is 0 Å². The van der Waals surface area contributed by atoms with E-state index in [0.717, 1.165) is 28.1 Å². The molecule has 0 aliphatic rings. The van der Waals surface area contributed by atoms with E-state index in [4.69, 9.17) is 5.73 Å². The third-order valence-corrected chi connectivity index (χ3v) is 4.35. The number of nitrogens with zero attached hydrogens (tertiary/aromatic N) is 1. The van der Waals surface area contributed by atoms with Crippen molar-refractivity contribution in [3.8, 4) is 16.9 Å². The van der Waals surface area contributed by atoms with E-state index >= 15 is 0 Å². The second-order valence-electron chi connectivity index (χ2n) is 5.91. The van der Waals surface area contributed by atoms with Crippen LogP contribution in [0.4, 0.5) is 0 Å². The van der Waals surface area contributed by atoms with Gasteiger partial charge in [0.2, 0.25) is 0 Å². The Bertz CT molecular complexity index is 896. The van der Waals surface area contributed by atoms with Crippen molar-refractivity contribution in [2.24, 2.45) is 5.73 Å². The molecule has 1 amide bonds. The fourth-order valence-electron chi connectivity index (χ4n) is 3.20. The molecule has 3 N–H and O–H groups in total. The standard InChI is InChI=1S/C20H20N2O2/c1-13-18(16-9-6-10-17(23)11-16)19(20(21)24)14(2)22(13)12-15-7-4-3-5-8-15/h3-11,23H,12H2,1-2H3,(H2,21,24). The van der Waals surface area contributed by atoms with Crippen molar-refractivity contribution in [3.05, 3.63) is 77.1 Å². The first-order valence-electron chi connectivity index (χ1n) is 7.82. The van der Waals surface area contributed by atoms with E-state index in [1.165, 1.54) is 0 Å². The number of carbonyl (C=O) groups is 1. The molecule has 0 aliphatic heterocycles. The van der Waals surface area contributed by atoms with E-state index in [0.29, 0.717) is 12.1 Å². The first-order chi connectivity index (χ1) is 11.5. The number of benzene rings is 2. The van der Waals surface area contributed by atoms with Gasteiger partial charge in [0.1, 0.15) is 5.75 Å². The molecule has 0 atom stereocenters. The summed E-state index contributed by atoms with van der Waals surface area (Å²) >= 11 is 0. The molecule has 0 radical (unpaired) electrons. The third-order valence-electron chi connectivity index (χ3n) is 4.35. The summed E-state index contributed by atoms with van der Waals surface area (Å²) in [5, 5.41) is 9.78. The monoisotopic (exact) mass is 320 g/mol. The molecule has 0 unspecified atom stereocenters. The number of amides is 1. The van der Waals surface area contributed by atoms with Gasteiger partial charge < -0.3 is 15.4 Å². The lowest BCUT2D eigenvalue weighted by Crippen LogP contribution is -2.13. The summed E-state index contributed by atoms with van der Waals surface area (Å²) in [6, 6.07) is 17.0. The Labute approximate surface area is 141 Å². The van der Waals surface area contributed by atoms with Crippen molar-refractivity contribution < 1.29 is 9.90 Å². The molecule has 0 saturated heterocycles. The van der Waals surface area contributed by atoms with E-state index < -0.39 is 5.91 Å². The fourth-order valence-corrected chi connectivity index (χ4v) is 3.20. The Morgan fingerprint density at radius 2 is 1.75 bits per heavy atom. The van der Waals surface area contributed by atoms with Gasteiger partial charge in [0.15, 0.2) is 0 Å². The number of rotatable bonds is 4. The number of aromatic hydroxyl groups is 1. The van der Waals surface area contributed by atoms with Crippen LogP contribution in [-0.2, 0) is 6.54 Å². The molecule has 2 aromatic carbocycles. The Hall–Kier alpha value is -3.01. The average Bonchev–Trinajstić information content (AvgIpc) is 2.80. The Morgan fingerprint density at radius 1 is 1.04 bits per heavy atom. The number of carbonyl (C=O) groups excluding carboxylic acids is 1. The number of phenols is 1. The summed E-state index contributed by atoms with van der Waals surface area (Å²) in [6.07, 6.45) is 0. The van der Waals surface area contributed by atoms with Gasteiger partial charge in [-0.1, -0.05) is 42.5 Å². The Morgan fingerprint density at radius 3 is 2.38 bits per heavy atom. The van der Waals surface area contributed by atoms with E-state index in [-0.39, 0.29) is 5.75 Å². The van der Waals surface area contributed by atoms with E-state index in [1.54, 1.807) is 18.2 Å². The van der Waals surface area contributed by atoms with E-state index in [1.807, 2.05) is 38.1 Å². The van der Waals surface area contributed by atoms with Crippen molar-refractivity contribution >= 4 is 5.91 Å². The first kappa shape index (κ1) is 15.9. The molecule has 0 spiro atoms.